The maximum atomic E-state index is 12.0. The minimum Gasteiger partial charge on any atom is -0.397 e. The number of halogens is 1. The Bertz CT molecular complexity index is 506. The molecule has 0 aromatic heterocycles. The molecule has 0 bridgehead atoms. The number of hydrogen-bond acceptors (Lipinski definition) is 3. The number of hydrogen-bond donors (Lipinski definition) is 2. The molecule has 1 aromatic carbocycles. The van der Waals surface area contributed by atoms with E-state index in [0.717, 1.165) is 19.0 Å². The molecule has 2 rings (SSSR count). The van der Waals surface area contributed by atoms with Gasteiger partial charge in [-0.1, -0.05) is 18.5 Å². The zero-order valence-corrected chi connectivity index (χ0v) is 13.5. The predicted octanol–water partition coefficient (Wildman–Crippen LogP) is 3.37. The van der Waals surface area contributed by atoms with Crippen molar-refractivity contribution in [2.45, 2.75) is 39.2 Å². The van der Waals surface area contributed by atoms with Crippen LogP contribution in [0, 0.1) is 5.92 Å². The smallest absolute Gasteiger partial charge is 0.225 e. The third-order valence-electron chi connectivity index (χ3n) is 4.15. The van der Waals surface area contributed by atoms with Gasteiger partial charge in [0.05, 0.1) is 10.7 Å². The second-order valence-corrected chi connectivity index (χ2v) is 6.47. The third kappa shape index (κ3) is 4.61. The second kappa shape index (κ2) is 7.14. The summed E-state index contributed by atoms with van der Waals surface area (Å²) >= 11 is 5.87. The molecule has 3 N–H and O–H groups in total. The van der Waals surface area contributed by atoms with Gasteiger partial charge in [0.2, 0.25) is 5.91 Å². The Morgan fingerprint density at radius 2 is 2.19 bits per heavy atom. The Kier molecular flexibility index (Phi) is 5.48. The lowest BCUT2D eigenvalue weighted by Crippen LogP contribution is -2.42. The zero-order valence-electron chi connectivity index (χ0n) is 12.7. The Balaban J connectivity index is 1.82. The fourth-order valence-electron chi connectivity index (χ4n) is 2.78. The van der Waals surface area contributed by atoms with Gasteiger partial charge in [-0.05, 0) is 43.9 Å². The van der Waals surface area contributed by atoms with Crippen molar-refractivity contribution in [3.8, 4) is 0 Å². The van der Waals surface area contributed by atoms with Crippen molar-refractivity contribution in [1.82, 2.24) is 4.90 Å². The highest BCUT2D eigenvalue weighted by atomic mass is 35.5. The number of nitrogens with zero attached hydrogens (tertiary/aromatic N) is 1. The molecule has 1 heterocycles. The molecule has 21 heavy (non-hydrogen) atoms. The fraction of sp³-hybridized carbons (Fsp3) is 0.562. The van der Waals surface area contributed by atoms with Crippen LogP contribution in [0.5, 0.6) is 0 Å². The van der Waals surface area contributed by atoms with Crippen LogP contribution in [0.3, 0.4) is 0 Å². The molecule has 2 atom stereocenters. The van der Waals surface area contributed by atoms with E-state index in [-0.39, 0.29) is 5.91 Å². The number of likely N-dealkylation sites (tertiary alicyclic amines) is 1. The lowest BCUT2D eigenvalue weighted by molar-refractivity contribution is -0.116. The number of nitrogens with one attached hydrogen (secondary N) is 1. The van der Waals surface area contributed by atoms with Crippen LogP contribution >= 0.6 is 11.6 Å². The highest BCUT2D eigenvalue weighted by Crippen LogP contribution is 2.23. The predicted molar refractivity (Wildman–Crippen MR) is 88.5 cm³/mol. The lowest BCUT2D eigenvalue weighted by atomic mass is 9.95. The normalized spacial score (nSPS) is 23.0. The number of anilines is 2. The van der Waals surface area contributed by atoms with Crippen molar-refractivity contribution in [2.24, 2.45) is 5.92 Å². The molecular formula is C16H24ClN3O. The standard InChI is InChI=1S/C16H24ClN3O/c1-11-3-4-12(2)20(10-11)8-7-16(21)19-13-5-6-14(17)15(18)9-13/h5-6,9,11-12H,3-4,7-8,10,18H2,1-2H3,(H,19,21). The number of rotatable bonds is 4. The van der Waals surface area contributed by atoms with Gasteiger partial charge in [-0.2, -0.15) is 0 Å². The van der Waals surface area contributed by atoms with Gasteiger partial charge < -0.3 is 11.1 Å². The van der Waals surface area contributed by atoms with Crippen molar-refractivity contribution >= 4 is 28.9 Å². The summed E-state index contributed by atoms with van der Waals surface area (Å²) in [7, 11) is 0. The van der Waals surface area contributed by atoms with Gasteiger partial charge in [0.1, 0.15) is 0 Å². The van der Waals surface area contributed by atoms with Gasteiger partial charge in [0.25, 0.3) is 0 Å². The van der Waals surface area contributed by atoms with E-state index in [1.54, 1.807) is 18.2 Å². The number of benzene rings is 1. The Labute approximate surface area is 131 Å². The van der Waals surface area contributed by atoms with Crippen molar-refractivity contribution in [3.05, 3.63) is 23.2 Å². The fourth-order valence-corrected chi connectivity index (χ4v) is 2.90. The summed E-state index contributed by atoms with van der Waals surface area (Å²) in [5.74, 6) is 0.738. The zero-order chi connectivity index (χ0) is 15.4. The van der Waals surface area contributed by atoms with E-state index in [9.17, 15) is 4.79 Å². The number of nitrogens with two attached hydrogens (primary N) is 1. The van der Waals surface area contributed by atoms with E-state index >= 15 is 0 Å². The monoisotopic (exact) mass is 309 g/mol. The van der Waals surface area contributed by atoms with Gasteiger partial charge in [0.15, 0.2) is 0 Å². The molecule has 0 aliphatic carbocycles. The highest BCUT2D eigenvalue weighted by Gasteiger charge is 2.22. The Morgan fingerprint density at radius 1 is 1.43 bits per heavy atom. The summed E-state index contributed by atoms with van der Waals surface area (Å²) in [5.41, 5.74) is 6.91. The molecule has 0 spiro atoms. The quantitative estimate of drug-likeness (QED) is 0.838. The number of carbonyl (C=O) groups excluding carboxylic acids is 1. The minimum atomic E-state index is 0.0159. The van der Waals surface area contributed by atoms with Gasteiger partial charge in [-0.15, -0.1) is 0 Å². The first kappa shape index (κ1) is 16.1. The van der Waals surface area contributed by atoms with E-state index < -0.39 is 0 Å². The summed E-state index contributed by atoms with van der Waals surface area (Å²) in [6.07, 6.45) is 3.00. The summed E-state index contributed by atoms with van der Waals surface area (Å²) < 4.78 is 0. The second-order valence-electron chi connectivity index (χ2n) is 6.06. The van der Waals surface area contributed by atoms with Crippen LogP contribution in [-0.2, 0) is 4.79 Å². The number of nitrogen functional groups attached to an aromatic ring is 1. The molecule has 116 valence electrons. The lowest BCUT2D eigenvalue weighted by Gasteiger charge is -2.36. The van der Waals surface area contributed by atoms with Crippen LogP contribution in [0.25, 0.3) is 0 Å². The van der Waals surface area contributed by atoms with E-state index in [1.807, 2.05) is 0 Å². The van der Waals surface area contributed by atoms with Crippen LogP contribution in [0.4, 0.5) is 11.4 Å². The molecule has 1 amide bonds. The summed E-state index contributed by atoms with van der Waals surface area (Å²) in [5, 5.41) is 3.38. The average molecular weight is 310 g/mol. The maximum absolute atomic E-state index is 12.0. The topological polar surface area (TPSA) is 58.4 Å². The first-order valence-corrected chi connectivity index (χ1v) is 7.92. The largest absolute Gasteiger partial charge is 0.397 e. The average Bonchev–Trinajstić information content (AvgIpc) is 2.44. The summed E-state index contributed by atoms with van der Waals surface area (Å²) in [6.45, 7) is 6.40. The molecule has 1 fully saturated rings. The first-order valence-electron chi connectivity index (χ1n) is 7.54. The number of carbonyl (C=O) groups is 1. The molecule has 1 aliphatic rings. The maximum Gasteiger partial charge on any atom is 0.225 e. The first-order chi connectivity index (χ1) is 9.95. The van der Waals surface area contributed by atoms with Crippen LogP contribution in [0.1, 0.15) is 33.1 Å². The van der Waals surface area contributed by atoms with E-state index in [4.69, 9.17) is 17.3 Å². The van der Waals surface area contributed by atoms with Crippen molar-refractivity contribution in [1.29, 1.82) is 0 Å². The van der Waals surface area contributed by atoms with Crippen molar-refractivity contribution in [3.63, 3.8) is 0 Å². The molecule has 0 radical (unpaired) electrons. The van der Waals surface area contributed by atoms with E-state index in [0.29, 0.717) is 28.9 Å². The molecule has 1 aliphatic heterocycles. The minimum absolute atomic E-state index is 0.0159. The van der Waals surface area contributed by atoms with Crippen LogP contribution < -0.4 is 11.1 Å². The summed E-state index contributed by atoms with van der Waals surface area (Å²) in [6, 6.07) is 5.72. The van der Waals surface area contributed by atoms with Gasteiger partial charge in [-0.3, -0.25) is 9.69 Å². The number of piperidine rings is 1. The highest BCUT2D eigenvalue weighted by molar-refractivity contribution is 6.33. The van der Waals surface area contributed by atoms with E-state index in [2.05, 4.69) is 24.1 Å². The van der Waals surface area contributed by atoms with Crippen molar-refractivity contribution in [2.75, 3.05) is 24.1 Å². The third-order valence-corrected chi connectivity index (χ3v) is 4.50. The molecule has 0 saturated carbocycles. The summed E-state index contributed by atoms with van der Waals surface area (Å²) in [4.78, 5) is 14.4. The van der Waals surface area contributed by atoms with Gasteiger partial charge in [-0.25, -0.2) is 0 Å². The van der Waals surface area contributed by atoms with Crippen LogP contribution in [-0.4, -0.2) is 29.9 Å². The molecule has 4 nitrogen and oxygen atoms in total. The molecule has 5 heteroatoms. The molecule has 1 saturated heterocycles. The Morgan fingerprint density at radius 3 is 2.90 bits per heavy atom. The van der Waals surface area contributed by atoms with E-state index in [1.165, 1.54) is 12.8 Å². The molecule has 1 aromatic rings. The molecular weight excluding hydrogens is 286 g/mol. The number of amides is 1. The van der Waals surface area contributed by atoms with Gasteiger partial charge >= 0.3 is 0 Å². The van der Waals surface area contributed by atoms with Crippen LogP contribution in [0.15, 0.2) is 18.2 Å². The Hall–Kier alpha value is -1.26. The van der Waals surface area contributed by atoms with Crippen LogP contribution in [0.2, 0.25) is 5.02 Å². The SMILES string of the molecule is CC1CCC(C)N(CCC(=O)Nc2ccc(Cl)c(N)c2)C1. The van der Waals surface area contributed by atoms with Gasteiger partial charge in [0, 0.05) is 31.2 Å². The molecule has 2 unspecified atom stereocenters. The van der Waals surface area contributed by atoms with Crippen molar-refractivity contribution < 1.29 is 4.79 Å².